The van der Waals surface area contributed by atoms with Crippen molar-refractivity contribution in [2.45, 2.75) is 6.04 Å². The van der Waals surface area contributed by atoms with Crippen LogP contribution < -0.4 is 15.5 Å². The van der Waals surface area contributed by atoms with Gasteiger partial charge in [0, 0.05) is 34.6 Å². The molecule has 202 valence electrons. The number of benzene rings is 3. The first-order valence-electron chi connectivity index (χ1n) is 12.3. The highest BCUT2D eigenvalue weighted by atomic mass is 35.5. The SMILES string of the molecule is O=C(/C=C/c1cc(Cl)ccc1-n1cnnn1)NC(C(=O)Nc1ccc(N2CCOCC2=O)cc1)c1ccccc1. The Morgan fingerprint density at radius 3 is 2.58 bits per heavy atom. The summed E-state index contributed by atoms with van der Waals surface area (Å²) >= 11 is 6.16. The molecule has 2 N–H and O–H groups in total. The molecule has 0 radical (unpaired) electrons. The second-order valence-corrected chi connectivity index (χ2v) is 9.21. The summed E-state index contributed by atoms with van der Waals surface area (Å²) in [7, 11) is 0. The Balaban J connectivity index is 1.31. The molecular weight excluding hydrogens is 534 g/mol. The van der Waals surface area contributed by atoms with Crippen molar-refractivity contribution in [3.63, 3.8) is 0 Å². The molecule has 4 aromatic rings. The Morgan fingerprint density at radius 1 is 1.05 bits per heavy atom. The lowest BCUT2D eigenvalue weighted by atomic mass is 10.1. The second kappa shape index (κ2) is 12.3. The molecule has 1 atom stereocenters. The van der Waals surface area contributed by atoms with E-state index in [9.17, 15) is 14.4 Å². The number of carbonyl (C=O) groups excluding carboxylic acids is 3. The minimum atomic E-state index is -0.975. The van der Waals surface area contributed by atoms with Gasteiger partial charge in [-0.1, -0.05) is 41.9 Å². The molecule has 40 heavy (non-hydrogen) atoms. The molecule has 1 fully saturated rings. The van der Waals surface area contributed by atoms with Gasteiger partial charge in [0.15, 0.2) is 0 Å². The number of amides is 3. The molecule has 0 bridgehead atoms. The van der Waals surface area contributed by atoms with Crippen LogP contribution >= 0.6 is 11.6 Å². The van der Waals surface area contributed by atoms with Gasteiger partial charge in [0.2, 0.25) is 5.91 Å². The number of tetrazole rings is 1. The maximum atomic E-state index is 13.3. The summed E-state index contributed by atoms with van der Waals surface area (Å²) in [6, 6.07) is 20.0. The molecule has 5 rings (SSSR count). The van der Waals surface area contributed by atoms with E-state index in [4.69, 9.17) is 16.3 Å². The summed E-state index contributed by atoms with van der Waals surface area (Å²) in [6.07, 6.45) is 4.32. The van der Waals surface area contributed by atoms with Crippen LogP contribution in [0.3, 0.4) is 0 Å². The zero-order valence-corrected chi connectivity index (χ0v) is 21.9. The van der Waals surface area contributed by atoms with Crippen molar-refractivity contribution in [2.75, 3.05) is 30.0 Å². The summed E-state index contributed by atoms with van der Waals surface area (Å²) in [4.78, 5) is 40.1. The van der Waals surface area contributed by atoms with Crippen molar-refractivity contribution in [1.82, 2.24) is 25.5 Å². The van der Waals surface area contributed by atoms with Crippen LogP contribution in [0, 0.1) is 0 Å². The predicted molar refractivity (Wildman–Crippen MR) is 149 cm³/mol. The number of ether oxygens (including phenoxy) is 1. The molecule has 0 saturated carbocycles. The zero-order chi connectivity index (χ0) is 27.9. The fourth-order valence-corrected chi connectivity index (χ4v) is 4.35. The zero-order valence-electron chi connectivity index (χ0n) is 21.1. The molecular formula is C28H24ClN7O4. The highest BCUT2D eigenvalue weighted by molar-refractivity contribution is 6.30. The number of morpholine rings is 1. The average Bonchev–Trinajstić information content (AvgIpc) is 3.51. The summed E-state index contributed by atoms with van der Waals surface area (Å²) in [6.45, 7) is 0.974. The minimum absolute atomic E-state index is 0.0433. The first-order valence-corrected chi connectivity index (χ1v) is 12.7. The highest BCUT2D eigenvalue weighted by Gasteiger charge is 2.23. The third-order valence-corrected chi connectivity index (χ3v) is 6.35. The molecule has 2 heterocycles. The molecule has 11 nitrogen and oxygen atoms in total. The number of nitrogens with one attached hydrogen (secondary N) is 2. The average molecular weight is 558 g/mol. The van der Waals surface area contributed by atoms with E-state index in [0.717, 1.165) is 0 Å². The molecule has 0 spiro atoms. The van der Waals surface area contributed by atoms with E-state index >= 15 is 0 Å². The van der Waals surface area contributed by atoms with Crippen LogP contribution in [-0.4, -0.2) is 57.7 Å². The lowest BCUT2D eigenvalue weighted by Gasteiger charge is -2.27. The van der Waals surface area contributed by atoms with E-state index in [0.29, 0.717) is 46.4 Å². The van der Waals surface area contributed by atoms with E-state index in [1.807, 2.05) is 6.07 Å². The van der Waals surface area contributed by atoms with E-state index < -0.39 is 17.9 Å². The van der Waals surface area contributed by atoms with Crippen LogP contribution in [0.25, 0.3) is 11.8 Å². The number of aromatic nitrogens is 4. The quantitative estimate of drug-likeness (QED) is 0.318. The monoisotopic (exact) mass is 557 g/mol. The van der Waals surface area contributed by atoms with E-state index in [-0.39, 0.29) is 12.5 Å². The molecule has 0 aliphatic carbocycles. The second-order valence-electron chi connectivity index (χ2n) is 8.78. The largest absolute Gasteiger partial charge is 0.370 e. The smallest absolute Gasteiger partial charge is 0.253 e. The molecule has 1 aromatic heterocycles. The van der Waals surface area contributed by atoms with Crippen LogP contribution in [0.5, 0.6) is 0 Å². The van der Waals surface area contributed by atoms with Gasteiger partial charge >= 0.3 is 0 Å². The molecule has 1 saturated heterocycles. The van der Waals surface area contributed by atoms with Gasteiger partial charge in [-0.25, -0.2) is 0 Å². The van der Waals surface area contributed by atoms with Crippen molar-refractivity contribution in [1.29, 1.82) is 0 Å². The molecule has 12 heteroatoms. The molecule has 1 aliphatic heterocycles. The Bertz CT molecular complexity index is 1530. The van der Waals surface area contributed by atoms with E-state index in [2.05, 4.69) is 26.2 Å². The van der Waals surface area contributed by atoms with Gasteiger partial charge in [-0.2, -0.15) is 4.68 Å². The van der Waals surface area contributed by atoms with Crippen molar-refractivity contribution >= 4 is 46.8 Å². The standard InChI is InChI=1S/C28H24ClN7O4/c29-21-7-12-24(36-18-30-33-34-36)20(16-21)6-13-25(37)32-27(19-4-2-1-3-5-19)28(39)31-22-8-10-23(11-9-22)35-14-15-40-17-26(35)38/h1-13,16,18,27H,14-15,17H2,(H,31,39)(H,32,37)/b13-6+. The molecule has 1 unspecified atom stereocenters. The van der Waals surface area contributed by atoms with Gasteiger partial charge in [-0.05, 0) is 64.5 Å². The topological polar surface area (TPSA) is 131 Å². The molecule has 3 amide bonds. The first kappa shape index (κ1) is 26.7. The highest BCUT2D eigenvalue weighted by Crippen LogP contribution is 2.23. The van der Waals surface area contributed by atoms with Crippen molar-refractivity contribution in [3.05, 3.63) is 101 Å². The number of halogens is 1. The van der Waals surface area contributed by atoms with Gasteiger partial charge in [-0.3, -0.25) is 14.4 Å². The molecule has 3 aromatic carbocycles. The predicted octanol–water partition coefficient (Wildman–Crippen LogP) is 3.19. The Labute approximate surface area is 234 Å². The van der Waals surface area contributed by atoms with Crippen LogP contribution in [0.2, 0.25) is 5.02 Å². The van der Waals surface area contributed by atoms with Gasteiger partial charge in [0.1, 0.15) is 19.0 Å². The minimum Gasteiger partial charge on any atom is -0.370 e. The van der Waals surface area contributed by atoms with E-state index in [1.165, 1.54) is 17.1 Å². The third-order valence-electron chi connectivity index (χ3n) is 6.11. The number of rotatable bonds is 8. The van der Waals surface area contributed by atoms with Gasteiger partial charge in [0.05, 0.1) is 12.3 Å². The molecule has 1 aliphatic rings. The van der Waals surface area contributed by atoms with Crippen LogP contribution in [-0.2, 0) is 19.1 Å². The Kier molecular flexibility index (Phi) is 8.24. The maximum absolute atomic E-state index is 13.3. The number of hydrogen-bond donors (Lipinski definition) is 2. The van der Waals surface area contributed by atoms with Crippen LogP contribution in [0.4, 0.5) is 11.4 Å². The van der Waals surface area contributed by atoms with Gasteiger partial charge in [0.25, 0.3) is 11.8 Å². The third kappa shape index (κ3) is 6.40. The van der Waals surface area contributed by atoms with Crippen molar-refractivity contribution in [3.8, 4) is 5.69 Å². The number of hydrogen-bond acceptors (Lipinski definition) is 7. The number of nitrogens with zero attached hydrogens (tertiary/aromatic N) is 5. The van der Waals surface area contributed by atoms with Gasteiger partial charge < -0.3 is 20.3 Å². The fourth-order valence-electron chi connectivity index (χ4n) is 4.17. The summed E-state index contributed by atoms with van der Waals surface area (Å²) in [5, 5.41) is 17.3. The Hall–Kier alpha value is -4.87. The van der Waals surface area contributed by atoms with Gasteiger partial charge in [-0.15, -0.1) is 5.10 Å². The summed E-state index contributed by atoms with van der Waals surface area (Å²) < 4.78 is 6.63. The summed E-state index contributed by atoms with van der Waals surface area (Å²) in [5.74, 6) is -1.04. The van der Waals surface area contributed by atoms with E-state index in [1.54, 1.807) is 77.7 Å². The normalized spacial score (nSPS) is 14.2. The fraction of sp³-hybridized carbons (Fsp3) is 0.143. The van der Waals surface area contributed by atoms with Crippen LogP contribution in [0.1, 0.15) is 17.2 Å². The van der Waals surface area contributed by atoms with Crippen molar-refractivity contribution in [2.24, 2.45) is 0 Å². The number of carbonyl (C=O) groups is 3. The Morgan fingerprint density at radius 2 is 1.85 bits per heavy atom. The van der Waals surface area contributed by atoms with Crippen LogP contribution in [0.15, 0.2) is 85.2 Å². The summed E-state index contributed by atoms with van der Waals surface area (Å²) in [5.41, 5.74) is 3.07. The maximum Gasteiger partial charge on any atom is 0.253 e. The lowest BCUT2D eigenvalue weighted by molar-refractivity contribution is -0.125. The number of anilines is 2. The van der Waals surface area contributed by atoms with Crippen molar-refractivity contribution < 1.29 is 19.1 Å². The first-order chi connectivity index (χ1) is 19.5. The lowest BCUT2D eigenvalue weighted by Crippen LogP contribution is -2.41.